The molecule has 0 spiro atoms. The molecule has 0 saturated heterocycles. The summed E-state index contributed by atoms with van der Waals surface area (Å²) >= 11 is 0. The normalized spacial score (nSPS) is 9.33. The Kier molecular flexibility index (Phi) is 3.72. The second kappa shape index (κ2) is 4.83. The van der Waals surface area contributed by atoms with Gasteiger partial charge < -0.3 is 14.9 Å². The first-order chi connectivity index (χ1) is 6.77. The number of hydrogen-bond donors (Lipinski definition) is 1. The number of carboxylic acids is 1. The monoisotopic (exact) mass is 194 g/mol. The van der Waals surface area contributed by atoms with Crippen molar-refractivity contribution in [2.45, 2.75) is 0 Å². The molecule has 0 unspecified atom stereocenters. The van der Waals surface area contributed by atoms with E-state index in [1.165, 1.54) is 6.07 Å². The van der Waals surface area contributed by atoms with Gasteiger partial charge in [-0.3, -0.25) is 4.98 Å². The van der Waals surface area contributed by atoms with Gasteiger partial charge in [0, 0.05) is 6.20 Å². The molecule has 0 atom stereocenters. The molecule has 0 fully saturated rings. The van der Waals surface area contributed by atoms with Crippen molar-refractivity contribution >= 4 is 5.97 Å². The minimum Gasteiger partial charge on any atom is -0.543 e. The molecule has 0 aromatic carbocycles. The summed E-state index contributed by atoms with van der Waals surface area (Å²) in [7, 11) is 0. The van der Waals surface area contributed by atoms with Crippen LogP contribution in [-0.2, 0) is 0 Å². The van der Waals surface area contributed by atoms with Crippen LogP contribution in [0.2, 0.25) is 0 Å². The molecule has 1 N–H and O–H groups in total. The van der Waals surface area contributed by atoms with Gasteiger partial charge in [-0.2, -0.15) is 0 Å². The van der Waals surface area contributed by atoms with E-state index in [9.17, 15) is 9.90 Å². The molecule has 0 aliphatic rings. The van der Waals surface area contributed by atoms with Gasteiger partial charge in [-0.05, 0) is 24.3 Å². The number of carboxylic acid groups (broad SMARTS) is 1. The Labute approximate surface area is 98.5 Å². The van der Waals surface area contributed by atoms with Crippen molar-refractivity contribution in [3.8, 4) is 11.4 Å². The predicted octanol–water partition coefficient (Wildman–Crippen LogP) is -2.56. The number of nitrogens with zero attached hydrogens (tertiary/aromatic N) is 1. The maximum atomic E-state index is 10.5. The van der Waals surface area contributed by atoms with Crippen molar-refractivity contribution in [1.29, 1.82) is 0 Å². The molecule has 0 saturated carbocycles. The third kappa shape index (κ3) is 2.49. The van der Waals surface area contributed by atoms with Gasteiger partial charge in [0.2, 0.25) is 0 Å². The second-order valence-corrected chi connectivity index (χ2v) is 2.79. The van der Waals surface area contributed by atoms with Crippen LogP contribution in [0.15, 0.2) is 36.5 Å². The molecule has 5 heteroatoms. The molecule has 2 aromatic rings. The first-order valence-corrected chi connectivity index (χ1v) is 4.09. The van der Waals surface area contributed by atoms with E-state index in [-0.39, 0.29) is 24.6 Å². The Hall–Kier alpha value is -1.50. The van der Waals surface area contributed by atoms with Crippen LogP contribution in [0, 0.1) is 0 Å². The number of aromatic amines is 1. The minimum absolute atomic E-state index is 0. The Bertz CT molecular complexity index is 453. The van der Waals surface area contributed by atoms with Crippen LogP contribution < -0.4 is 24.0 Å². The molecule has 0 aliphatic carbocycles. The average Bonchev–Trinajstić information content (AvgIpc) is 2.68. The van der Waals surface area contributed by atoms with Crippen molar-refractivity contribution in [2.75, 3.05) is 0 Å². The summed E-state index contributed by atoms with van der Waals surface area (Å²) in [6, 6.07) is 8.55. The van der Waals surface area contributed by atoms with Crippen LogP contribution >= 0.6 is 0 Å². The number of aromatic nitrogens is 2. The number of pyridine rings is 1. The fourth-order valence-corrected chi connectivity index (χ4v) is 1.19. The van der Waals surface area contributed by atoms with Crippen molar-refractivity contribution in [3.05, 3.63) is 42.2 Å². The van der Waals surface area contributed by atoms with Gasteiger partial charge in [0.1, 0.15) is 0 Å². The van der Waals surface area contributed by atoms with Crippen LogP contribution in [0.5, 0.6) is 0 Å². The quantitative estimate of drug-likeness (QED) is 0.535. The summed E-state index contributed by atoms with van der Waals surface area (Å²) in [4.78, 5) is 17.3. The van der Waals surface area contributed by atoms with Crippen molar-refractivity contribution in [3.63, 3.8) is 0 Å². The second-order valence-electron chi connectivity index (χ2n) is 2.79. The van der Waals surface area contributed by atoms with Crippen LogP contribution in [0.1, 0.15) is 10.5 Å². The fourth-order valence-electron chi connectivity index (χ4n) is 1.19. The molecule has 15 heavy (non-hydrogen) atoms. The fraction of sp³-hybridized carbons (Fsp3) is 0. The van der Waals surface area contributed by atoms with E-state index in [4.69, 9.17) is 0 Å². The van der Waals surface area contributed by atoms with Crippen LogP contribution in [-0.4, -0.2) is 15.9 Å². The first kappa shape index (κ1) is 11.6. The van der Waals surface area contributed by atoms with Crippen LogP contribution in [0.4, 0.5) is 0 Å². The molecule has 0 radical (unpaired) electrons. The summed E-state index contributed by atoms with van der Waals surface area (Å²) in [6.45, 7) is 0. The maximum Gasteiger partial charge on any atom is 1.00 e. The zero-order valence-corrected chi connectivity index (χ0v) is 8.23. The average molecular weight is 194 g/mol. The van der Waals surface area contributed by atoms with E-state index in [1.54, 1.807) is 24.4 Å². The largest absolute Gasteiger partial charge is 1.00 e. The molecule has 0 aliphatic heterocycles. The van der Waals surface area contributed by atoms with Crippen LogP contribution in [0.3, 0.4) is 0 Å². The topological polar surface area (TPSA) is 68.8 Å². The molecule has 0 amide bonds. The summed E-state index contributed by atoms with van der Waals surface area (Å²) < 4.78 is 0. The molecular formula is C10H7LiN2O2. The SMILES string of the molecule is O=C([O-])c1ccc(-c2ccccn2)[nH]1.[Li+]. The Morgan fingerprint density at radius 2 is 2.07 bits per heavy atom. The number of aromatic carboxylic acids is 1. The molecule has 2 aromatic heterocycles. The van der Waals surface area contributed by atoms with Gasteiger partial charge in [0.15, 0.2) is 0 Å². The van der Waals surface area contributed by atoms with Gasteiger partial charge in [-0.15, -0.1) is 0 Å². The summed E-state index contributed by atoms with van der Waals surface area (Å²) in [5.41, 5.74) is 1.44. The molecule has 2 heterocycles. The molecule has 70 valence electrons. The number of rotatable bonds is 2. The van der Waals surface area contributed by atoms with Gasteiger partial charge in [-0.25, -0.2) is 0 Å². The number of carbonyl (C=O) groups is 1. The zero-order chi connectivity index (χ0) is 9.97. The Morgan fingerprint density at radius 3 is 2.60 bits per heavy atom. The summed E-state index contributed by atoms with van der Waals surface area (Å²) in [5, 5.41) is 10.5. The Balaban J connectivity index is 0.00000112. The Morgan fingerprint density at radius 1 is 1.27 bits per heavy atom. The van der Waals surface area contributed by atoms with E-state index < -0.39 is 5.97 Å². The summed E-state index contributed by atoms with van der Waals surface area (Å²) in [5.74, 6) is -1.22. The van der Waals surface area contributed by atoms with Gasteiger partial charge in [0.05, 0.1) is 23.1 Å². The van der Waals surface area contributed by atoms with E-state index in [2.05, 4.69) is 9.97 Å². The standard InChI is InChI=1S/C10H8N2O2.Li/c13-10(14)9-5-4-8(12-9)7-3-1-2-6-11-7;/h1-6,12H,(H,13,14);/q;+1/p-1. The number of hydrogen-bond acceptors (Lipinski definition) is 3. The summed E-state index contributed by atoms with van der Waals surface area (Å²) in [6.07, 6.45) is 1.65. The zero-order valence-electron chi connectivity index (χ0n) is 8.23. The smallest absolute Gasteiger partial charge is 0.543 e. The third-order valence-electron chi connectivity index (χ3n) is 1.85. The van der Waals surface area contributed by atoms with Gasteiger partial charge >= 0.3 is 18.9 Å². The van der Waals surface area contributed by atoms with Gasteiger partial charge in [-0.1, -0.05) is 6.07 Å². The van der Waals surface area contributed by atoms with E-state index in [0.717, 1.165) is 0 Å². The minimum atomic E-state index is -1.22. The van der Waals surface area contributed by atoms with E-state index >= 15 is 0 Å². The van der Waals surface area contributed by atoms with Crippen molar-refractivity contribution < 1.29 is 28.8 Å². The first-order valence-electron chi connectivity index (χ1n) is 4.09. The van der Waals surface area contributed by atoms with Crippen molar-refractivity contribution in [2.24, 2.45) is 0 Å². The number of H-pyrrole nitrogens is 1. The molecule has 4 nitrogen and oxygen atoms in total. The maximum absolute atomic E-state index is 10.5. The molecule has 2 rings (SSSR count). The van der Waals surface area contributed by atoms with Gasteiger partial charge in [0.25, 0.3) is 0 Å². The number of nitrogens with one attached hydrogen (secondary N) is 1. The third-order valence-corrected chi connectivity index (χ3v) is 1.85. The van der Waals surface area contributed by atoms with Crippen molar-refractivity contribution in [1.82, 2.24) is 9.97 Å². The number of carbonyl (C=O) groups excluding carboxylic acids is 1. The predicted molar refractivity (Wildman–Crippen MR) is 48.4 cm³/mol. The van der Waals surface area contributed by atoms with Crippen LogP contribution in [0.25, 0.3) is 11.4 Å². The molecule has 0 bridgehead atoms. The molecular weight excluding hydrogens is 187 g/mol. The van der Waals surface area contributed by atoms with E-state index in [0.29, 0.717) is 11.4 Å². The van der Waals surface area contributed by atoms with E-state index in [1.807, 2.05) is 6.07 Å².